The maximum absolute atomic E-state index is 11.3. The van der Waals surface area contributed by atoms with E-state index in [9.17, 15) is 8.42 Å². The van der Waals surface area contributed by atoms with Crippen LogP contribution in [0.15, 0.2) is 23.4 Å². The van der Waals surface area contributed by atoms with Crippen molar-refractivity contribution in [2.45, 2.75) is 0 Å². The van der Waals surface area contributed by atoms with Gasteiger partial charge in [-0.1, -0.05) is 5.16 Å². The monoisotopic (exact) mass is 243 g/mol. The molecule has 1 aliphatic rings. The van der Waals surface area contributed by atoms with E-state index in [1.807, 2.05) is 0 Å². The molecule has 0 radical (unpaired) electrons. The fourth-order valence-electron chi connectivity index (χ4n) is 1.43. The van der Waals surface area contributed by atoms with Gasteiger partial charge in [0.05, 0.1) is 7.11 Å². The van der Waals surface area contributed by atoms with Crippen molar-refractivity contribution in [2.75, 3.05) is 12.9 Å². The number of rotatable bonds is 1. The topological polar surface area (TPSA) is 85.2 Å². The minimum Gasteiger partial charge on any atom is -0.497 e. The van der Waals surface area contributed by atoms with E-state index in [0.717, 1.165) is 0 Å². The summed E-state index contributed by atoms with van der Waals surface area (Å²) < 4.78 is 32.4. The standard InChI is InChI=1S/C9H9NO5S/c1-14-6-2-3-7-8(10-11)5-16(12,13)15-9(7)4-6/h2-4,11H,5H2,1H3/b10-8+. The zero-order chi connectivity index (χ0) is 11.8. The normalized spacial score (nSPS) is 19.9. The molecule has 0 fully saturated rings. The van der Waals surface area contributed by atoms with Crippen molar-refractivity contribution >= 4 is 15.8 Å². The van der Waals surface area contributed by atoms with E-state index in [1.165, 1.54) is 13.2 Å². The Hall–Kier alpha value is -1.76. The average Bonchev–Trinajstić information content (AvgIpc) is 2.25. The summed E-state index contributed by atoms with van der Waals surface area (Å²) in [4.78, 5) is 0. The average molecular weight is 243 g/mol. The lowest BCUT2D eigenvalue weighted by Crippen LogP contribution is -2.27. The molecule has 0 saturated carbocycles. The molecule has 1 heterocycles. The lowest BCUT2D eigenvalue weighted by molar-refractivity contribution is 0.318. The molecular weight excluding hydrogens is 234 g/mol. The first kappa shape index (κ1) is 10.7. The van der Waals surface area contributed by atoms with Gasteiger partial charge in [0.15, 0.2) is 5.75 Å². The van der Waals surface area contributed by atoms with Gasteiger partial charge >= 0.3 is 10.1 Å². The van der Waals surface area contributed by atoms with Crippen molar-refractivity contribution in [3.05, 3.63) is 23.8 Å². The summed E-state index contributed by atoms with van der Waals surface area (Å²) >= 11 is 0. The lowest BCUT2D eigenvalue weighted by Gasteiger charge is -2.18. The van der Waals surface area contributed by atoms with Crippen LogP contribution in [0.3, 0.4) is 0 Å². The second-order valence-corrected chi connectivity index (χ2v) is 4.76. The number of hydrogen-bond acceptors (Lipinski definition) is 6. The molecule has 16 heavy (non-hydrogen) atoms. The molecule has 1 aromatic carbocycles. The Kier molecular flexibility index (Phi) is 2.47. The van der Waals surface area contributed by atoms with Crippen molar-refractivity contribution < 1.29 is 22.5 Å². The highest BCUT2D eigenvalue weighted by atomic mass is 32.2. The number of benzene rings is 1. The summed E-state index contributed by atoms with van der Waals surface area (Å²) in [5, 5.41) is 11.7. The van der Waals surface area contributed by atoms with Crippen molar-refractivity contribution in [3.63, 3.8) is 0 Å². The van der Waals surface area contributed by atoms with Crippen LogP contribution in [0.4, 0.5) is 0 Å². The molecule has 2 rings (SSSR count). The molecule has 6 nitrogen and oxygen atoms in total. The van der Waals surface area contributed by atoms with Gasteiger partial charge in [-0.15, -0.1) is 0 Å². The van der Waals surface area contributed by atoms with Gasteiger partial charge in [-0.25, -0.2) is 0 Å². The van der Waals surface area contributed by atoms with Crippen LogP contribution in [-0.4, -0.2) is 32.2 Å². The van der Waals surface area contributed by atoms with Gasteiger partial charge in [-0.05, 0) is 12.1 Å². The molecule has 0 bridgehead atoms. The highest BCUT2D eigenvalue weighted by Crippen LogP contribution is 2.30. The Bertz CT molecular complexity index is 549. The highest BCUT2D eigenvalue weighted by Gasteiger charge is 2.28. The Labute approximate surface area is 92.2 Å². The molecule has 0 atom stereocenters. The van der Waals surface area contributed by atoms with Gasteiger partial charge in [0, 0.05) is 11.6 Å². The van der Waals surface area contributed by atoms with Crippen LogP contribution >= 0.6 is 0 Å². The second kappa shape index (κ2) is 3.67. The van der Waals surface area contributed by atoms with Crippen molar-refractivity contribution in [2.24, 2.45) is 5.16 Å². The summed E-state index contributed by atoms with van der Waals surface area (Å²) in [5.74, 6) is 0.134. The largest absolute Gasteiger partial charge is 0.497 e. The zero-order valence-corrected chi connectivity index (χ0v) is 9.19. The van der Waals surface area contributed by atoms with Gasteiger partial charge < -0.3 is 14.1 Å². The lowest BCUT2D eigenvalue weighted by atomic mass is 10.1. The smallest absolute Gasteiger partial charge is 0.315 e. The quantitative estimate of drug-likeness (QED) is 0.443. The fraction of sp³-hybridized carbons (Fsp3) is 0.222. The van der Waals surface area contributed by atoms with Crippen LogP contribution in [0.1, 0.15) is 5.56 Å². The molecule has 1 aromatic rings. The van der Waals surface area contributed by atoms with E-state index in [0.29, 0.717) is 11.3 Å². The van der Waals surface area contributed by atoms with E-state index >= 15 is 0 Å². The SMILES string of the molecule is COc1ccc2c(c1)OS(=O)(=O)C/C2=N\O. The van der Waals surface area contributed by atoms with Crippen molar-refractivity contribution in [1.29, 1.82) is 0 Å². The predicted molar refractivity (Wildman–Crippen MR) is 55.7 cm³/mol. The molecule has 7 heteroatoms. The Morgan fingerprint density at radius 3 is 2.88 bits per heavy atom. The van der Waals surface area contributed by atoms with Crippen molar-refractivity contribution in [3.8, 4) is 11.5 Å². The van der Waals surface area contributed by atoms with Gasteiger partial charge in [-0.2, -0.15) is 8.42 Å². The third-order valence-corrected chi connectivity index (χ3v) is 3.21. The van der Waals surface area contributed by atoms with E-state index in [-0.39, 0.29) is 11.5 Å². The van der Waals surface area contributed by atoms with E-state index in [2.05, 4.69) is 5.16 Å². The molecule has 0 amide bonds. The first-order chi connectivity index (χ1) is 7.55. The van der Waals surface area contributed by atoms with Gasteiger partial charge in [0.1, 0.15) is 17.2 Å². The molecule has 0 aromatic heterocycles. The molecular formula is C9H9NO5S. The molecule has 0 unspecified atom stereocenters. The maximum Gasteiger partial charge on any atom is 0.315 e. The van der Waals surface area contributed by atoms with Crippen LogP contribution in [0.2, 0.25) is 0 Å². The summed E-state index contributed by atoms with van der Waals surface area (Å²) in [5.41, 5.74) is 0.502. The minimum atomic E-state index is -3.73. The first-order valence-electron chi connectivity index (χ1n) is 4.37. The molecule has 0 aliphatic carbocycles. The van der Waals surface area contributed by atoms with E-state index in [1.54, 1.807) is 12.1 Å². The molecule has 0 spiro atoms. The van der Waals surface area contributed by atoms with Crippen LogP contribution in [-0.2, 0) is 10.1 Å². The summed E-state index contributed by atoms with van der Waals surface area (Å²) in [6, 6.07) is 4.64. The van der Waals surface area contributed by atoms with Gasteiger partial charge in [-0.3, -0.25) is 0 Å². The Morgan fingerprint density at radius 2 is 2.25 bits per heavy atom. The Balaban J connectivity index is 2.59. The van der Waals surface area contributed by atoms with Crippen LogP contribution in [0.5, 0.6) is 11.5 Å². The molecule has 1 N–H and O–H groups in total. The van der Waals surface area contributed by atoms with Crippen LogP contribution < -0.4 is 8.92 Å². The Morgan fingerprint density at radius 1 is 1.50 bits per heavy atom. The summed E-state index contributed by atoms with van der Waals surface area (Å²) in [6.45, 7) is 0. The minimum absolute atomic E-state index is 0.0592. The number of methoxy groups -OCH3 is 1. The van der Waals surface area contributed by atoms with Gasteiger partial charge in [0.25, 0.3) is 0 Å². The predicted octanol–water partition coefficient (Wildman–Crippen LogP) is 0.596. The number of nitrogens with zero attached hydrogens (tertiary/aromatic N) is 1. The van der Waals surface area contributed by atoms with E-state index < -0.39 is 15.9 Å². The van der Waals surface area contributed by atoms with Crippen LogP contribution in [0.25, 0.3) is 0 Å². The molecule has 1 aliphatic heterocycles. The third-order valence-electron chi connectivity index (χ3n) is 2.15. The summed E-state index contributed by atoms with van der Waals surface area (Å²) in [6.07, 6.45) is 0. The highest BCUT2D eigenvalue weighted by molar-refractivity contribution is 7.88. The number of hydrogen-bond donors (Lipinski definition) is 1. The molecule has 0 saturated heterocycles. The maximum atomic E-state index is 11.3. The van der Waals surface area contributed by atoms with Crippen LogP contribution in [0, 0.1) is 0 Å². The zero-order valence-electron chi connectivity index (χ0n) is 8.37. The fourth-order valence-corrected chi connectivity index (χ4v) is 2.45. The number of oxime groups is 1. The molecule has 86 valence electrons. The third kappa shape index (κ3) is 1.81. The number of ether oxygens (including phenoxy) is 1. The van der Waals surface area contributed by atoms with Gasteiger partial charge in [0.2, 0.25) is 0 Å². The summed E-state index contributed by atoms with van der Waals surface area (Å²) in [7, 11) is -2.27. The first-order valence-corrected chi connectivity index (χ1v) is 5.95. The van der Waals surface area contributed by atoms with Crippen molar-refractivity contribution in [1.82, 2.24) is 0 Å². The van der Waals surface area contributed by atoms with E-state index in [4.69, 9.17) is 14.1 Å². The second-order valence-electron chi connectivity index (χ2n) is 3.19. The number of fused-ring (bicyclic) bond motifs is 1.